The van der Waals surface area contributed by atoms with Crippen LogP contribution in [-0.4, -0.2) is 64.0 Å². The van der Waals surface area contributed by atoms with Gasteiger partial charge in [0.15, 0.2) is 0 Å². The maximum Gasteiger partial charge on any atom is 0.279 e. The number of hydrogen-bond donors (Lipinski definition) is 1. The fraction of sp³-hybridized carbons (Fsp3) is 0.647. The Bertz CT molecular complexity index is 650. The van der Waals surface area contributed by atoms with Crippen molar-refractivity contribution in [3.8, 4) is 5.75 Å². The monoisotopic (exact) mass is 373 g/mol. The molecule has 0 bridgehead atoms. The third kappa shape index (κ3) is 5.64. The summed E-state index contributed by atoms with van der Waals surface area (Å²) in [4.78, 5) is 2.21. The molecule has 1 heterocycles. The van der Waals surface area contributed by atoms with Gasteiger partial charge < -0.3 is 4.74 Å². The van der Waals surface area contributed by atoms with Crippen LogP contribution < -0.4 is 9.46 Å². The highest BCUT2D eigenvalue weighted by molar-refractivity contribution is 7.87. The third-order valence-corrected chi connectivity index (χ3v) is 6.13. The van der Waals surface area contributed by atoms with Crippen molar-refractivity contribution in [2.75, 3.05) is 40.3 Å². The molecule has 1 N–H and O–H groups in total. The van der Waals surface area contributed by atoms with Gasteiger partial charge in [0.05, 0.1) is 0 Å². The van der Waals surface area contributed by atoms with Gasteiger partial charge in [0.2, 0.25) is 0 Å². The quantitative estimate of drug-likeness (QED) is 0.751. The van der Waals surface area contributed by atoms with E-state index in [4.69, 9.17) is 4.74 Å². The van der Waals surface area contributed by atoms with Crippen molar-refractivity contribution >= 4 is 10.2 Å². The van der Waals surface area contributed by atoms with Crippen LogP contribution in [0.1, 0.15) is 13.8 Å². The lowest BCUT2D eigenvalue weighted by atomic mass is 9.92. The molecule has 6 nitrogen and oxygen atoms in total. The Morgan fingerprint density at radius 2 is 1.92 bits per heavy atom. The maximum atomic E-state index is 12.9. The van der Waals surface area contributed by atoms with Gasteiger partial charge in [0, 0.05) is 39.8 Å². The molecular weight excluding hydrogens is 345 g/mol. The summed E-state index contributed by atoms with van der Waals surface area (Å²) in [6, 6.07) is 5.82. The molecule has 142 valence electrons. The number of nitrogens with one attached hydrogen (secondary N) is 1. The molecule has 2 atom stereocenters. The van der Waals surface area contributed by atoms with E-state index in [0.717, 1.165) is 6.54 Å². The molecule has 0 aliphatic carbocycles. The van der Waals surface area contributed by atoms with Crippen LogP contribution >= 0.6 is 0 Å². The molecule has 1 fully saturated rings. The van der Waals surface area contributed by atoms with Crippen LogP contribution in [0.25, 0.3) is 0 Å². The molecule has 1 saturated heterocycles. The second-order valence-electron chi connectivity index (χ2n) is 6.98. The molecule has 0 amide bonds. The summed E-state index contributed by atoms with van der Waals surface area (Å²) in [6.07, 6.45) is 0. The molecule has 0 aromatic heterocycles. The number of rotatable bonds is 8. The predicted molar refractivity (Wildman–Crippen MR) is 96.2 cm³/mol. The summed E-state index contributed by atoms with van der Waals surface area (Å²) in [5.74, 6) is 0.965. The second-order valence-corrected chi connectivity index (χ2v) is 8.90. The smallest absolute Gasteiger partial charge is 0.279 e. The molecule has 8 heteroatoms. The average molecular weight is 373 g/mol. The summed E-state index contributed by atoms with van der Waals surface area (Å²) in [5, 5.41) is 0. The van der Waals surface area contributed by atoms with Gasteiger partial charge in [-0.25, -0.2) is 4.39 Å². The zero-order chi connectivity index (χ0) is 18.6. The first-order valence-electron chi connectivity index (χ1n) is 8.49. The molecule has 1 aromatic carbocycles. The highest BCUT2D eigenvalue weighted by atomic mass is 32.2. The topological polar surface area (TPSA) is 61.9 Å². The van der Waals surface area contributed by atoms with Gasteiger partial charge in [-0.3, -0.25) is 4.90 Å². The molecule has 0 spiro atoms. The number of nitrogens with zero attached hydrogens (tertiary/aromatic N) is 2. The van der Waals surface area contributed by atoms with Crippen molar-refractivity contribution < 1.29 is 17.5 Å². The molecule has 0 radical (unpaired) electrons. The molecule has 0 saturated carbocycles. The van der Waals surface area contributed by atoms with E-state index in [1.165, 1.54) is 30.5 Å². The number of hydrogen-bond acceptors (Lipinski definition) is 4. The van der Waals surface area contributed by atoms with Crippen molar-refractivity contribution in [3.05, 3.63) is 30.1 Å². The van der Waals surface area contributed by atoms with Crippen molar-refractivity contribution in [1.82, 2.24) is 13.9 Å². The van der Waals surface area contributed by atoms with E-state index in [9.17, 15) is 12.8 Å². The number of likely N-dealkylation sites (tertiary alicyclic amines) is 1. The van der Waals surface area contributed by atoms with Crippen LogP contribution in [0.15, 0.2) is 24.3 Å². The summed E-state index contributed by atoms with van der Waals surface area (Å²) >= 11 is 0. The fourth-order valence-corrected chi connectivity index (χ4v) is 3.86. The summed E-state index contributed by atoms with van der Waals surface area (Å²) < 4.78 is 46.8. The van der Waals surface area contributed by atoms with E-state index in [2.05, 4.69) is 23.5 Å². The Morgan fingerprint density at radius 3 is 2.48 bits per heavy atom. The van der Waals surface area contributed by atoms with Gasteiger partial charge in [0.1, 0.15) is 18.2 Å². The van der Waals surface area contributed by atoms with Crippen LogP contribution in [0.2, 0.25) is 0 Å². The van der Waals surface area contributed by atoms with Gasteiger partial charge >= 0.3 is 0 Å². The largest absolute Gasteiger partial charge is 0.492 e. The van der Waals surface area contributed by atoms with Crippen LogP contribution in [0.3, 0.4) is 0 Å². The average Bonchev–Trinajstić information content (AvgIpc) is 2.91. The maximum absolute atomic E-state index is 12.9. The lowest BCUT2D eigenvalue weighted by molar-refractivity contribution is 0.227. The van der Waals surface area contributed by atoms with Gasteiger partial charge in [-0.05, 0) is 36.1 Å². The van der Waals surface area contributed by atoms with Crippen LogP contribution in [0.5, 0.6) is 5.75 Å². The predicted octanol–water partition coefficient (Wildman–Crippen LogP) is 1.56. The Balaban J connectivity index is 1.89. The molecule has 2 rings (SSSR count). The Kier molecular flexibility index (Phi) is 6.79. The lowest BCUT2D eigenvalue weighted by Crippen LogP contribution is -2.46. The van der Waals surface area contributed by atoms with Crippen molar-refractivity contribution in [1.29, 1.82) is 0 Å². The van der Waals surface area contributed by atoms with Gasteiger partial charge in [-0.15, -0.1) is 0 Å². The highest BCUT2D eigenvalue weighted by Crippen LogP contribution is 2.25. The fourth-order valence-electron chi connectivity index (χ4n) is 3.02. The minimum Gasteiger partial charge on any atom is -0.492 e. The minimum atomic E-state index is -3.45. The Hall–Kier alpha value is -1.22. The van der Waals surface area contributed by atoms with Crippen LogP contribution in [0.4, 0.5) is 4.39 Å². The van der Waals surface area contributed by atoms with Crippen LogP contribution in [-0.2, 0) is 10.2 Å². The van der Waals surface area contributed by atoms with Gasteiger partial charge in [-0.1, -0.05) is 13.8 Å². The first kappa shape index (κ1) is 20.1. The Labute approximate surface area is 150 Å². The van der Waals surface area contributed by atoms with Crippen molar-refractivity contribution in [3.63, 3.8) is 0 Å². The number of benzene rings is 1. The SMILES string of the molecule is CC(C)[C@@H]1CN(CCOc2ccc(F)cc2)C[C@H]1NS(=O)(=O)N(C)C. The third-order valence-electron chi connectivity index (χ3n) is 4.57. The normalized spacial score (nSPS) is 22.0. The van der Waals surface area contributed by atoms with Crippen molar-refractivity contribution in [2.24, 2.45) is 11.8 Å². The molecule has 1 aliphatic rings. The number of ether oxygens (including phenoxy) is 1. The second kappa shape index (κ2) is 8.44. The molecule has 0 unspecified atom stereocenters. The summed E-state index contributed by atoms with van der Waals surface area (Å²) in [5.41, 5.74) is 0. The molecule has 1 aliphatic heterocycles. The van der Waals surface area contributed by atoms with E-state index in [1.807, 2.05) is 0 Å². The molecule has 1 aromatic rings. The summed E-state index contributed by atoms with van der Waals surface area (Å²) in [6.45, 7) is 6.87. The zero-order valence-electron chi connectivity index (χ0n) is 15.3. The number of halogens is 1. The van der Waals surface area contributed by atoms with Crippen LogP contribution in [0, 0.1) is 17.7 Å². The highest BCUT2D eigenvalue weighted by Gasteiger charge is 2.37. The first-order valence-corrected chi connectivity index (χ1v) is 9.93. The summed E-state index contributed by atoms with van der Waals surface area (Å²) in [7, 11) is -0.402. The van der Waals surface area contributed by atoms with Gasteiger partial charge in [-0.2, -0.15) is 17.4 Å². The minimum absolute atomic E-state index is 0.113. The Morgan fingerprint density at radius 1 is 1.28 bits per heavy atom. The van der Waals surface area contributed by atoms with E-state index in [0.29, 0.717) is 31.4 Å². The lowest BCUT2D eigenvalue weighted by Gasteiger charge is -2.24. The van der Waals surface area contributed by atoms with Crippen molar-refractivity contribution in [2.45, 2.75) is 19.9 Å². The van der Waals surface area contributed by atoms with Gasteiger partial charge in [0.25, 0.3) is 10.2 Å². The van der Waals surface area contributed by atoms with E-state index in [1.54, 1.807) is 12.1 Å². The van der Waals surface area contributed by atoms with E-state index >= 15 is 0 Å². The zero-order valence-corrected chi connectivity index (χ0v) is 16.1. The molecular formula is C17H28FN3O3S. The van der Waals surface area contributed by atoms with E-state index < -0.39 is 10.2 Å². The molecule has 25 heavy (non-hydrogen) atoms. The standard InChI is InChI=1S/C17H28FN3O3S/c1-13(2)16-11-21(12-17(16)19-25(22,23)20(3)4)9-10-24-15-7-5-14(18)6-8-15/h5-8,13,16-17,19H,9-12H2,1-4H3/t16-,17+/m0/s1. The van der Waals surface area contributed by atoms with E-state index in [-0.39, 0.29) is 17.8 Å². The first-order chi connectivity index (χ1) is 11.7.